The van der Waals surface area contributed by atoms with Gasteiger partial charge < -0.3 is 10.1 Å². The van der Waals surface area contributed by atoms with Crippen LogP contribution in [0.15, 0.2) is 48.5 Å². The van der Waals surface area contributed by atoms with Crippen molar-refractivity contribution in [1.82, 2.24) is 9.97 Å². The van der Waals surface area contributed by atoms with E-state index in [9.17, 15) is 4.79 Å². The van der Waals surface area contributed by atoms with Gasteiger partial charge in [-0.1, -0.05) is 37.3 Å². The summed E-state index contributed by atoms with van der Waals surface area (Å²) in [5, 5.41) is 3.68. The van der Waals surface area contributed by atoms with Crippen molar-refractivity contribution < 1.29 is 9.53 Å². The molecule has 3 rings (SSSR count). The second-order valence-electron chi connectivity index (χ2n) is 5.44. The minimum atomic E-state index is -0.212. The molecule has 1 heterocycles. The van der Waals surface area contributed by atoms with Crippen molar-refractivity contribution in [3.63, 3.8) is 0 Å². The van der Waals surface area contributed by atoms with Crippen molar-refractivity contribution in [1.29, 1.82) is 0 Å². The van der Waals surface area contributed by atoms with Crippen LogP contribution in [0, 0.1) is 6.92 Å². The summed E-state index contributed by atoms with van der Waals surface area (Å²) in [7, 11) is 0. The number of para-hydroxylation sites is 2. The monoisotopic (exact) mass is 321 g/mol. The maximum absolute atomic E-state index is 12.2. The molecular weight excluding hydrogens is 302 g/mol. The van der Waals surface area contributed by atoms with E-state index in [0.717, 1.165) is 28.6 Å². The molecule has 24 heavy (non-hydrogen) atoms. The highest BCUT2D eigenvalue weighted by atomic mass is 16.5. The largest absolute Gasteiger partial charge is 0.467 e. The van der Waals surface area contributed by atoms with E-state index in [1.807, 2.05) is 48.5 Å². The van der Waals surface area contributed by atoms with Crippen LogP contribution in [-0.2, 0) is 11.2 Å². The lowest BCUT2D eigenvalue weighted by atomic mass is 10.1. The lowest BCUT2D eigenvalue weighted by molar-refractivity contribution is -0.118. The fourth-order valence-electron chi connectivity index (χ4n) is 2.54. The third-order valence-corrected chi connectivity index (χ3v) is 3.69. The summed E-state index contributed by atoms with van der Waals surface area (Å²) in [6.07, 6.45) is 0.854. The zero-order chi connectivity index (χ0) is 16.9. The number of aryl methyl sites for hydroxylation is 2. The molecule has 0 radical (unpaired) electrons. The summed E-state index contributed by atoms with van der Waals surface area (Å²) < 4.78 is 5.64. The number of aromatic nitrogens is 2. The number of carbonyl (C=O) groups excluding carboxylic acids is 1. The van der Waals surface area contributed by atoms with Gasteiger partial charge in [0.05, 0.1) is 10.9 Å². The maximum Gasteiger partial charge on any atom is 0.262 e. The molecule has 0 aliphatic heterocycles. The third kappa shape index (κ3) is 3.51. The van der Waals surface area contributed by atoms with Crippen LogP contribution in [0.1, 0.15) is 18.3 Å². The summed E-state index contributed by atoms with van der Waals surface area (Å²) in [4.78, 5) is 20.9. The molecular formula is C19H19N3O2. The highest BCUT2D eigenvalue weighted by Crippen LogP contribution is 2.22. The highest BCUT2D eigenvalue weighted by molar-refractivity contribution is 5.93. The van der Waals surface area contributed by atoms with Gasteiger partial charge in [0.15, 0.2) is 6.61 Å². The van der Waals surface area contributed by atoms with E-state index in [-0.39, 0.29) is 12.5 Å². The fraction of sp³-hybridized carbons (Fsp3) is 0.211. The number of benzene rings is 2. The molecule has 0 spiro atoms. The average Bonchev–Trinajstić information content (AvgIpc) is 2.60. The van der Waals surface area contributed by atoms with E-state index < -0.39 is 0 Å². The minimum absolute atomic E-state index is 0.0987. The molecule has 3 aromatic rings. The number of hydrogen-bond acceptors (Lipinski definition) is 4. The van der Waals surface area contributed by atoms with E-state index in [4.69, 9.17) is 4.74 Å². The Morgan fingerprint density at radius 2 is 1.83 bits per heavy atom. The minimum Gasteiger partial charge on any atom is -0.467 e. The lowest BCUT2D eigenvalue weighted by Gasteiger charge is -2.11. The Kier molecular flexibility index (Phi) is 4.70. The van der Waals surface area contributed by atoms with Gasteiger partial charge in [-0.15, -0.1) is 0 Å². The van der Waals surface area contributed by atoms with Crippen molar-refractivity contribution in [3.05, 3.63) is 59.9 Å². The molecule has 0 atom stereocenters. The first-order valence-electron chi connectivity index (χ1n) is 7.91. The molecule has 2 aromatic carbocycles. The number of nitrogens with one attached hydrogen (secondary N) is 1. The van der Waals surface area contributed by atoms with E-state index in [0.29, 0.717) is 11.7 Å². The molecule has 0 unspecified atom stereocenters. The van der Waals surface area contributed by atoms with Gasteiger partial charge in [0.25, 0.3) is 5.91 Å². The highest BCUT2D eigenvalue weighted by Gasteiger charge is 2.10. The summed E-state index contributed by atoms with van der Waals surface area (Å²) in [6, 6.07) is 15.3. The molecule has 0 saturated heterocycles. The van der Waals surface area contributed by atoms with Crippen LogP contribution in [0.5, 0.6) is 5.88 Å². The molecule has 1 aromatic heterocycles. The first-order valence-corrected chi connectivity index (χ1v) is 7.91. The first kappa shape index (κ1) is 15.9. The van der Waals surface area contributed by atoms with Gasteiger partial charge in [0.1, 0.15) is 5.82 Å². The van der Waals surface area contributed by atoms with Crippen LogP contribution >= 0.6 is 0 Å². The first-order chi connectivity index (χ1) is 11.7. The van der Waals surface area contributed by atoms with Gasteiger partial charge in [-0.05, 0) is 37.1 Å². The van der Waals surface area contributed by atoms with Gasteiger partial charge in [-0.25, -0.2) is 4.98 Å². The average molecular weight is 321 g/mol. The molecule has 5 nitrogen and oxygen atoms in total. The van der Waals surface area contributed by atoms with Crippen molar-refractivity contribution in [2.24, 2.45) is 0 Å². The Morgan fingerprint density at radius 3 is 2.67 bits per heavy atom. The van der Waals surface area contributed by atoms with Gasteiger partial charge in [0, 0.05) is 5.69 Å². The fourth-order valence-corrected chi connectivity index (χ4v) is 2.54. The van der Waals surface area contributed by atoms with Gasteiger partial charge >= 0.3 is 0 Å². The van der Waals surface area contributed by atoms with E-state index in [1.54, 1.807) is 6.92 Å². The molecule has 0 fully saturated rings. The SMILES string of the molecule is CCc1ccccc1NC(=O)COc1nc(C)nc2ccccc12. The topological polar surface area (TPSA) is 64.1 Å². The molecule has 122 valence electrons. The van der Waals surface area contributed by atoms with Crippen molar-refractivity contribution in [3.8, 4) is 5.88 Å². The number of fused-ring (bicyclic) bond motifs is 1. The maximum atomic E-state index is 12.2. The van der Waals surface area contributed by atoms with Crippen LogP contribution in [0.4, 0.5) is 5.69 Å². The molecule has 1 N–H and O–H groups in total. The van der Waals surface area contributed by atoms with Crippen LogP contribution in [0.25, 0.3) is 10.9 Å². The molecule has 1 amide bonds. The summed E-state index contributed by atoms with van der Waals surface area (Å²) in [6.45, 7) is 3.76. The quantitative estimate of drug-likeness (QED) is 0.781. The number of carbonyl (C=O) groups is 1. The predicted molar refractivity (Wildman–Crippen MR) is 94.2 cm³/mol. The van der Waals surface area contributed by atoms with Crippen molar-refractivity contribution in [2.75, 3.05) is 11.9 Å². The molecule has 0 aliphatic carbocycles. The normalized spacial score (nSPS) is 10.6. The lowest BCUT2D eigenvalue weighted by Crippen LogP contribution is -2.21. The van der Waals surface area contributed by atoms with E-state index in [1.165, 1.54) is 0 Å². The zero-order valence-corrected chi connectivity index (χ0v) is 13.7. The molecule has 0 bridgehead atoms. The zero-order valence-electron chi connectivity index (χ0n) is 13.7. The third-order valence-electron chi connectivity index (χ3n) is 3.69. The van der Waals surface area contributed by atoms with E-state index in [2.05, 4.69) is 22.2 Å². The van der Waals surface area contributed by atoms with Crippen LogP contribution in [0.2, 0.25) is 0 Å². The molecule has 0 saturated carbocycles. The Balaban J connectivity index is 1.73. The summed E-state index contributed by atoms with van der Waals surface area (Å²) in [5.74, 6) is 0.828. The number of anilines is 1. The van der Waals surface area contributed by atoms with Crippen molar-refractivity contribution in [2.45, 2.75) is 20.3 Å². The standard InChI is InChI=1S/C19H19N3O2/c1-3-14-8-4-6-10-16(14)22-18(23)12-24-19-15-9-5-7-11-17(15)20-13(2)21-19/h4-11H,3,12H2,1-2H3,(H,22,23). The van der Waals surface area contributed by atoms with Crippen LogP contribution in [0.3, 0.4) is 0 Å². The Labute approximate surface area is 140 Å². The predicted octanol–water partition coefficient (Wildman–Crippen LogP) is 3.52. The van der Waals surface area contributed by atoms with Gasteiger partial charge in [-0.2, -0.15) is 4.98 Å². The number of amides is 1. The van der Waals surface area contributed by atoms with Crippen LogP contribution < -0.4 is 10.1 Å². The Bertz CT molecular complexity index is 877. The summed E-state index contributed by atoms with van der Waals surface area (Å²) >= 11 is 0. The molecule has 0 aliphatic rings. The smallest absolute Gasteiger partial charge is 0.262 e. The number of hydrogen-bond donors (Lipinski definition) is 1. The van der Waals surface area contributed by atoms with Crippen molar-refractivity contribution >= 4 is 22.5 Å². The van der Waals surface area contributed by atoms with E-state index >= 15 is 0 Å². The number of rotatable bonds is 5. The van der Waals surface area contributed by atoms with Gasteiger partial charge in [-0.3, -0.25) is 4.79 Å². The second kappa shape index (κ2) is 7.08. The van der Waals surface area contributed by atoms with Gasteiger partial charge in [0.2, 0.25) is 5.88 Å². The number of ether oxygens (including phenoxy) is 1. The summed E-state index contributed by atoms with van der Waals surface area (Å²) in [5.41, 5.74) is 2.71. The molecule has 5 heteroatoms. The van der Waals surface area contributed by atoms with Crippen LogP contribution in [-0.4, -0.2) is 22.5 Å². The number of nitrogens with zero attached hydrogens (tertiary/aromatic N) is 2. The Hall–Kier alpha value is -2.95. The second-order valence-corrected chi connectivity index (χ2v) is 5.44. The Morgan fingerprint density at radius 1 is 1.08 bits per heavy atom.